The highest BCUT2D eigenvalue weighted by atomic mass is 35.5. The van der Waals surface area contributed by atoms with Crippen LogP contribution >= 0.6 is 12.4 Å². The predicted octanol–water partition coefficient (Wildman–Crippen LogP) is 2.48. The third-order valence-corrected chi connectivity index (χ3v) is 4.54. The summed E-state index contributed by atoms with van der Waals surface area (Å²) in [6.45, 7) is 3.92. The van der Waals surface area contributed by atoms with Gasteiger partial charge in [0.2, 0.25) is 0 Å². The highest BCUT2D eigenvalue weighted by Crippen LogP contribution is 2.35. The highest BCUT2D eigenvalue weighted by Gasteiger charge is 2.34. The van der Waals surface area contributed by atoms with Gasteiger partial charge in [-0.15, -0.1) is 12.4 Å². The molecule has 0 aromatic carbocycles. The van der Waals surface area contributed by atoms with Crippen LogP contribution in [0, 0.1) is 5.92 Å². The number of pyridine rings is 1. The number of furan rings is 1. The van der Waals surface area contributed by atoms with Crippen molar-refractivity contribution in [2.75, 3.05) is 13.1 Å². The summed E-state index contributed by atoms with van der Waals surface area (Å²) in [5.41, 5.74) is 2.60. The third-order valence-electron chi connectivity index (χ3n) is 4.54. The Balaban J connectivity index is 0.00000132. The zero-order valence-electron chi connectivity index (χ0n) is 11.8. The van der Waals surface area contributed by atoms with Crippen LogP contribution in [0.3, 0.4) is 0 Å². The topological polar surface area (TPSA) is 38.4 Å². The second-order valence-corrected chi connectivity index (χ2v) is 6.02. The molecule has 2 bridgehead atoms. The van der Waals surface area contributed by atoms with Crippen molar-refractivity contribution in [1.29, 1.82) is 0 Å². The lowest BCUT2D eigenvalue weighted by molar-refractivity contribution is 0.114. The smallest absolute Gasteiger partial charge is 0.250 e. The second kappa shape index (κ2) is 5.70. The fourth-order valence-corrected chi connectivity index (χ4v) is 3.77. The summed E-state index contributed by atoms with van der Waals surface area (Å²) >= 11 is 0. The van der Waals surface area contributed by atoms with E-state index in [1.807, 2.05) is 23.0 Å². The monoisotopic (exact) mass is 306 g/mol. The minimum atomic E-state index is 0. The van der Waals surface area contributed by atoms with Crippen molar-refractivity contribution in [2.45, 2.75) is 25.4 Å². The molecule has 112 valence electrons. The molecule has 2 aliphatic heterocycles. The average Bonchev–Trinajstić information content (AvgIpc) is 2.93. The van der Waals surface area contributed by atoms with E-state index in [0.29, 0.717) is 11.8 Å². The van der Waals surface area contributed by atoms with Crippen molar-refractivity contribution in [3.63, 3.8) is 0 Å². The van der Waals surface area contributed by atoms with Gasteiger partial charge in [-0.25, -0.2) is 0 Å². The number of hydrogen-bond acceptors (Lipinski definition) is 3. The summed E-state index contributed by atoms with van der Waals surface area (Å²) < 4.78 is 7.13. The SMILES string of the molecule is Cl.O=c1cccc2n1CC1CC2CN(Cc2ccoc2)C1. The lowest BCUT2D eigenvalue weighted by Crippen LogP contribution is -2.46. The molecule has 0 aliphatic carbocycles. The van der Waals surface area contributed by atoms with Gasteiger partial charge >= 0.3 is 0 Å². The number of rotatable bonds is 2. The van der Waals surface area contributed by atoms with Crippen molar-refractivity contribution in [3.8, 4) is 0 Å². The largest absolute Gasteiger partial charge is 0.472 e. The molecule has 2 aromatic heterocycles. The summed E-state index contributed by atoms with van der Waals surface area (Å²) in [5, 5.41) is 0. The van der Waals surface area contributed by atoms with Gasteiger partial charge < -0.3 is 8.98 Å². The molecule has 4 rings (SSSR count). The first kappa shape index (κ1) is 14.4. The minimum Gasteiger partial charge on any atom is -0.472 e. The van der Waals surface area contributed by atoms with E-state index in [0.717, 1.165) is 26.2 Å². The van der Waals surface area contributed by atoms with Crippen LogP contribution in [0.15, 0.2) is 46.0 Å². The fraction of sp³-hybridized carbons (Fsp3) is 0.438. The molecule has 21 heavy (non-hydrogen) atoms. The first-order chi connectivity index (χ1) is 9.79. The molecule has 0 spiro atoms. The van der Waals surface area contributed by atoms with Gasteiger partial charge in [0.25, 0.3) is 5.56 Å². The Bertz CT molecular complexity index is 665. The number of likely N-dealkylation sites (tertiary alicyclic amines) is 1. The van der Waals surface area contributed by atoms with Crippen molar-refractivity contribution < 1.29 is 4.42 Å². The lowest BCUT2D eigenvalue weighted by atomic mass is 9.83. The molecule has 4 heterocycles. The summed E-state index contributed by atoms with van der Waals surface area (Å²) in [5.74, 6) is 1.08. The quantitative estimate of drug-likeness (QED) is 0.855. The Morgan fingerprint density at radius 1 is 1.19 bits per heavy atom. The van der Waals surface area contributed by atoms with Gasteiger partial charge in [0, 0.05) is 49.4 Å². The molecule has 2 aliphatic rings. The van der Waals surface area contributed by atoms with Crippen LogP contribution in [0.4, 0.5) is 0 Å². The number of hydrogen-bond donors (Lipinski definition) is 0. The minimum absolute atomic E-state index is 0. The number of piperidine rings is 1. The molecule has 1 saturated heterocycles. The van der Waals surface area contributed by atoms with Crippen LogP contribution in [0.25, 0.3) is 0 Å². The molecule has 2 unspecified atom stereocenters. The van der Waals surface area contributed by atoms with E-state index in [2.05, 4.69) is 11.0 Å². The molecule has 0 amide bonds. The van der Waals surface area contributed by atoms with Gasteiger partial charge in [0.15, 0.2) is 0 Å². The number of halogens is 1. The maximum absolute atomic E-state index is 12.0. The van der Waals surface area contributed by atoms with Gasteiger partial charge in [-0.3, -0.25) is 9.69 Å². The Morgan fingerprint density at radius 2 is 2.10 bits per heavy atom. The Kier molecular flexibility index (Phi) is 3.91. The maximum Gasteiger partial charge on any atom is 0.250 e. The van der Waals surface area contributed by atoms with E-state index in [1.54, 1.807) is 12.3 Å². The standard InChI is InChI=1S/C16H18N2O2.ClH/c19-16-3-1-2-15-14-6-13(9-18(15)16)8-17(10-14)7-12-4-5-20-11-12;/h1-5,11,13-14H,6-10H2;1H. The second-order valence-electron chi connectivity index (χ2n) is 6.02. The van der Waals surface area contributed by atoms with E-state index in [-0.39, 0.29) is 18.0 Å². The third kappa shape index (κ3) is 2.65. The molecule has 0 radical (unpaired) electrons. The van der Waals surface area contributed by atoms with Crippen LogP contribution in [0.5, 0.6) is 0 Å². The molecule has 5 heteroatoms. The van der Waals surface area contributed by atoms with E-state index in [9.17, 15) is 4.79 Å². The summed E-state index contributed by atoms with van der Waals surface area (Å²) in [7, 11) is 0. The Labute approximate surface area is 129 Å². The molecule has 4 nitrogen and oxygen atoms in total. The molecular weight excluding hydrogens is 288 g/mol. The van der Waals surface area contributed by atoms with Crippen LogP contribution in [0.2, 0.25) is 0 Å². The van der Waals surface area contributed by atoms with Crippen molar-refractivity contribution in [2.24, 2.45) is 5.92 Å². The van der Waals surface area contributed by atoms with E-state index in [4.69, 9.17) is 4.42 Å². The van der Waals surface area contributed by atoms with E-state index < -0.39 is 0 Å². The molecule has 1 fully saturated rings. The summed E-state index contributed by atoms with van der Waals surface area (Å²) in [6.07, 6.45) is 4.77. The molecule has 2 atom stereocenters. The van der Waals surface area contributed by atoms with Crippen LogP contribution in [-0.2, 0) is 13.1 Å². The van der Waals surface area contributed by atoms with Gasteiger partial charge in [-0.1, -0.05) is 6.07 Å². The van der Waals surface area contributed by atoms with E-state index >= 15 is 0 Å². The highest BCUT2D eigenvalue weighted by molar-refractivity contribution is 5.85. The first-order valence-corrected chi connectivity index (χ1v) is 7.23. The van der Waals surface area contributed by atoms with Crippen molar-refractivity contribution in [1.82, 2.24) is 9.47 Å². The zero-order chi connectivity index (χ0) is 13.5. The number of aromatic nitrogens is 1. The predicted molar refractivity (Wildman–Crippen MR) is 82.8 cm³/mol. The lowest BCUT2D eigenvalue weighted by Gasteiger charge is -2.42. The molecule has 0 saturated carbocycles. The van der Waals surface area contributed by atoms with Crippen molar-refractivity contribution >= 4 is 12.4 Å². The van der Waals surface area contributed by atoms with Crippen LogP contribution in [0.1, 0.15) is 23.6 Å². The van der Waals surface area contributed by atoms with Gasteiger partial charge in [-0.05, 0) is 24.5 Å². The van der Waals surface area contributed by atoms with Crippen LogP contribution in [-0.4, -0.2) is 22.6 Å². The zero-order valence-corrected chi connectivity index (χ0v) is 12.6. The molecule has 0 N–H and O–H groups in total. The van der Waals surface area contributed by atoms with Crippen LogP contribution < -0.4 is 5.56 Å². The molecule has 2 aromatic rings. The van der Waals surface area contributed by atoms with E-state index in [1.165, 1.54) is 17.7 Å². The first-order valence-electron chi connectivity index (χ1n) is 7.23. The number of fused-ring (bicyclic) bond motifs is 4. The summed E-state index contributed by atoms with van der Waals surface area (Å²) in [4.78, 5) is 14.5. The maximum atomic E-state index is 12.0. The van der Waals surface area contributed by atoms with Crippen molar-refractivity contribution in [3.05, 3.63) is 58.4 Å². The normalized spacial score (nSPS) is 24.2. The van der Waals surface area contributed by atoms with Gasteiger partial charge in [0.05, 0.1) is 12.5 Å². The van der Waals surface area contributed by atoms with Gasteiger partial charge in [-0.2, -0.15) is 0 Å². The molecular formula is C16H19ClN2O2. The fourth-order valence-electron chi connectivity index (χ4n) is 3.77. The Hall–Kier alpha value is -1.52. The van der Waals surface area contributed by atoms with Gasteiger partial charge in [0.1, 0.15) is 0 Å². The Morgan fingerprint density at radius 3 is 2.90 bits per heavy atom. The number of nitrogens with zero attached hydrogens (tertiary/aromatic N) is 2. The summed E-state index contributed by atoms with van der Waals surface area (Å²) in [6, 6.07) is 7.71. The average molecular weight is 307 g/mol.